The van der Waals surface area contributed by atoms with Crippen LogP contribution in [0.3, 0.4) is 0 Å². The van der Waals surface area contributed by atoms with E-state index < -0.39 is 0 Å². The molecule has 1 aromatic carbocycles. The van der Waals surface area contributed by atoms with Gasteiger partial charge in [0.2, 0.25) is 0 Å². The van der Waals surface area contributed by atoms with Gasteiger partial charge in [-0.15, -0.1) is 0 Å². The lowest BCUT2D eigenvalue weighted by Gasteiger charge is -2.24. The lowest BCUT2D eigenvalue weighted by molar-refractivity contribution is 0.171. The highest BCUT2D eigenvalue weighted by atomic mass is 16.5. The van der Waals surface area contributed by atoms with Crippen LogP contribution < -0.4 is 5.32 Å². The van der Waals surface area contributed by atoms with E-state index in [0.29, 0.717) is 12.5 Å². The summed E-state index contributed by atoms with van der Waals surface area (Å²) in [6, 6.07) is 8.06. The van der Waals surface area contributed by atoms with Crippen LogP contribution in [0.4, 0.5) is 5.69 Å². The SMILES string of the molecule is COCC(Nc1ccccc1CO)C(C)C. The van der Waals surface area contributed by atoms with E-state index in [2.05, 4.69) is 19.2 Å². The molecule has 0 saturated carbocycles. The highest BCUT2D eigenvalue weighted by molar-refractivity contribution is 5.51. The number of nitrogens with one attached hydrogen (secondary N) is 1. The number of anilines is 1. The Kier molecular flexibility index (Phi) is 5.29. The van der Waals surface area contributed by atoms with Crippen LogP contribution in [0, 0.1) is 5.92 Å². The molecule has 0 bridgehead atoms. The number of aliphatic hydroxyl groups is 1. The first-order valence-electron chi connectivity index (χ1n) is 5.63. The van der Waals surface area contributed by atoms with Crippen LogP contribution in [-0.4, -0.2) is 24.9 Å². The first-order valence-corrected chi connectivity index (χ1v) is 5.63. The molecule has 0 aliphatic heterocycles. The second-order valence-electron chi connectivity index (χ2n) is 4.27. The van der Waals surface area contributed by atoms with Crippen molar-refractivity contribution in [3.63, 3.8) is 0 Å². The topological polar surface area (TPSA) is 41.5 Å². The minimum Gasteiger partial charge on any atom is -0.392 e. The number of ether oxygens (including phenoxy) is 1. The lowest BCUT2D eigenvalue weighted by atomic mass is 10.0. The van der Waals surface area contributed by atoms with Crippen molar-refractivity contribution in [1.82, 2.24) is 0 Å². The molecule has 0 heterocycles. The Morgan fingerprint density at radius 3 is 2.56 bits per heavy atom. The maximum Gasteiger partial charge on any atom is 0.0701 e. The van der Waals surface area contributed by atoms with Gasteiger partial charge in [0.05, 0.1) is 19.3 Å². The number of para-hydroxylation sites is 1. The molecule has 1 rings (SSSR count). The van der Waals surface area contributed by atoms with E-state index in [-0.39, 0.29) is 12.6 Å². The van der Waals surface area contributed by atoms with Crippen molar-refractivity contribution >= 4 is 5.69 Å². The van der Waals surface area contributed by atoms with Crippen LogP contribution in [0.2, 0.25) is 0 Å². The molecule has 0 amide bonds. The number of benzene rings is 1. The molecule has 0 radical (unpaired) electrons. The normalized spacial score (nSPS) is 12.8. The van der Waals surface area contributed by atoms with Crippen LogP contribution in [0.25, 0.3) is 0 Å². The largest absolute Gasteiger partial charge is 0.392 e. The van der Waals surface area contributed by atoms with E-state index in [0.717, 1.165) is 11.3 Å². The van der Waals surface area contributed by atoms with Crippen molar-refractivity contribution in [2.45, 2.75) is 26.5 Å². The summed E-state index contributed by atoms with van der Waals surface area (Å²) >= 11 is 0. The highest BCUT2D eigenvalue weighted by Gasteiger charge is 2.13. The predicted molar refractivity (Wildman–Crippen MR) is 66.5 cm³/mol. The monoisotopic (exact) mass is 223 g/mol. The number of methoxy groups -OCH3 is 1. The summed E-state index contributed by atoms with van der Waals surface area (Å²) in [6.07, 6.45) is 0. The van der Waals surface area contributed by atoms with Crippen molar-refractivity contribution in [2.24, 2.45) is 5.92 Å². The Morgan fingerprint density at radius 2 is 2.00 bits per heavy atom. The second kappa shape index (κ2) is 6.51. The predicted octanol–water partition coefficient (Wildman–Crippen LogP) is 2.26. The smallest absolute Gasteiger partial charge is 0.0701 e. The van der Waals surface area contributed by atoms with Gasteiger partial charge in [0, 0.05) is 18.4 Å². The minimum absolute atomic E-state index is 0.0565. The molecular formula is C13H21NO2. The van der Waals surface area contributed by atoms with E-state index in [9.17, 15) is 5.11 Å². The fourth-order valence-corrected chi connectivity index (χ4v) is 1.58. The van der Waals surface area contributed by atoms with Crippen molar-refractivity contribution in [3.05, 3.63) is 29.8 Å². The molecule has 1 atom stereocenters. The van der Waals surface area contributed by atoms with E-state index in [4.69, 9.17) is 4.74 Å². The zero-order valence-electron chi connectivity index (χ0n) is 10.2. The molecule has 0 saturated heterocycles. The maximum absolute atomic E-state index is 9.23. The maximum atomic E-state index is 9.23. The molecule has 0 aliphatic rings. The molecule has 3 nitrogen and oxygen atoms in total. The quantitative estimate of drug-likeness (QED) is 0.777. The number of aliphatic hydroxyl groups excluding tert-OH is 1. The van der Waals surface area contributed by atoms with E-state index in [1.165, 1.54) is 0 Å². The average Bonchev–Trinajstić information content (AvgIpc) is 2.29. The molecule has 16 heavy (non-hydrogen) atoms. The third kappa shape index (κ3) is 3.51. The molecule has 0 fully saturated rings. The van der Waals surface area contributed by atoms with Gasteiger partial charge in [0.25, 0.3) is 0 Å². The summed E-state index contributed by atoms with van der Waals surface area (Å²) in [5.74, 6) is 0.478. The van der Waals surface area contributed by atoms with Crippen molar-refractivity contribution in [1.29, 1.82) is 0 Å². The molecule has 3 heteroatoms. The summed E-state index contributed by atoms with van der Waals surface area (Å²) in [5, 5.41) is 12.6. The second-order valence-corrected chi connectivity index (χ2v) is 4.27. The van der Waals surface area contributed by atoms with Gasteiger partial charge >= 0.3 is 0 Å². The van der Waals surface area contributed by atoms with E-state index >= 15 is 0 Å². The first kappa shape index (κ1) is 13.0. The van der Waals surface area contributed by atoms with Crippen molar-refractivity contribution in [3.8, 4) is 0 Å². The molecule has 90 valence electrons. The molecule has 0 spiro atoms. The standard InChI is InChI=1S/C13H21NO2/c1-10(2)13(9-16-3)14-12-7-5-4-6-11(12)8-15/h4-7,10,13-15H,8-9H2,1-3H3. The Balaban J connectivity index is 2.76. The van der Waals surface area contributed by atoms with Gasteiger partial charge < -0.3 is 15.2 Å². The third-order valence-electron chi connectivity index (χ3n) is 2.68. The van der Waals surface area contributed by atoms with E-state index in [1.807, 2.05) is 24.3 Å². The summed E-state index contributed by atoms with van der Waals surface area (Å²) in [5.41, 5.74) is 1.91. The Hall–Kier alpha value is -1.06. The average molecular weight is 223 g/mol. The summed E-state index contributed by atoms with van der Waals surface area (Å²) in [7, 11) is 1.70. The third-order valence-corrected chi connectivity index (χ3v) is 2.68. The number of hydrogen-bond acceptors (Lipinski definition) is 3. The van der Waals surface area contributed by atoms with Gasteiger partial charge in [0.15, 0.2) is 0 Å². The van der Waals surface area contributed by atoms with Gasteiger partial charge in [-0.05, 0) is 12.0 Å². The highest BCUT2D eigenvalue weighted by Crippen LogP contribution is 2.18. The Morgan fingerprint density at radius 1 is 1.31 bits per heavy atom. The Labute approximate surface area is 97.4 Å². The van der Waals surface area contributed by atoms with Gasteiger partial charge in [-0.1, -0.05) is 32.0 Å². The molecule has 2 N–H and O–H groups in total. The molecule has 0 aliphatic carbocycles. The first-order chi connectivity index (χ1) is 7.69. The minimum atomic E-state index is 0.0565. The summed E-state index contributed by atoms with van der Waals surface area (Å²) in [4.78, 5) is 0. The van der Waals surface area contributed by atoms with Crippen molar-refractivity contribution < 1.29 is 9.84 Å². The van der Waals surface area contributed by atoms with Crippen LogP contribution in [0.1, 0.15) is 19.4 Å². The van der Waals surface area contributed by atoms with Crippen molar-refractivity contribution in [2.75, 3.05) is 19.0 Å². The van der Waals surface area contributed by atoms with Crippen LogP contribution in [-0.2, 0) is 11.3 Å². The molecule has 1 unspecified atom stereocenters. The van der Waals surface area contributed by atoms with Gasteiger partial charge in [-0.25, -0.2) is 0 Å². The van der Waals surface area contributed by atoms with Crippen LogP contribution in [0.15, 0.2) is 24.3 Å². The fraction of sp³-hybridized carbons (Fsp3) is 0.538. The zero-order valence-corrected chi connectivity index (χ0v) is 10.2. The molecular weight excluding hydrogens is 202 g/mol. The summed E-state index contributed by atoms with van der Waals surface area (Å²) < 4.78 is 5.19. The Bertz CT molecular complexity index is 313. The van der Waals surface area contributed by atoms with Gasteiger partial charge in [-0.2, -0.15) is 0 Å². The van der Waals surface area contributed by atoms with E-state index in [1.54, 1.807) is 7.11 Å². The van der Waals surface area contributed by atoms with Crippen LogP contribution in [0.5, 0.6) is 0 Å². The molecule has 1 aromatic rings. The number of rotatable bonds is 6. The fourth-order valence-electron chi connectivity index (χ4n) is 1.58. The lowest BCUT2D eigenvalue weighted by Crippen LogP contribution is -2.30. The van der Waals surface area contributed by atoms with Crippen LogP contribution >= 0.6 is 0 Å². The number of hydrogen-bond donors (Lipinski definition) is 2. The van der Waals surface area contributed by atoms with Gasteiger partial charge in [-0.3, -0.25) is 0 Å². The summed E-state index contributed by atoms with van der Waals surface area (Å²) in [6.45, 7) is 5.02. The van der Waals surface area contributed by atoms with Gasteiger partial charge in [0.1, 0.15) is 0 Å². The zero-order chi connectivity index (χ0) is 12.0. The molecule has 0 aromatic heterocycles.